The number of ether oxygens (including phenoxy) is 2. The number of rotatable bonds is 16. The molecule has 2 aromatic carbocycles. The SMILES string of the molecule is Cc1c(Cc2c(CO[Si](C)(C)C(C)(C)C)nc3c(-c4ncc[nH]4)cc(N4CCOCC4)nn23)cccc1C(F)(F)F.Cc1c(Cc2c(CO[Si](C)(C)C(C)(C)C)nc3c(-c4nccn4S(=O)(=O)N(C)C)cc(N4CCOCC4)nn23)cccc1C(F)(F)F. The van der Waals surface area contributed by atoms with Crippen molar-refractivity contribution in [1.82, 2.24) is 52.4 Å². The highest BCUT2D eigenvalue weighted by atomic mass is 32.2. The van der Waals surface area contributed by atoms with Gasteiger partial charge in [0.1, 0.15) is 5.82 Å². The summed E-state index contributed by atoms with van der Waals surface area (Å²) in [4.78, 5) is 26.3. The van der Waals surface area contributed by atoms with Crippen molar-refractivity contribution in [2.24, 2.45) is 0 Å². The maximum absolute atomic E-state index is 13.9. The summed E-state index contributed by atoms with van der Waals surface area (Å²) in [6.45, 7) is 29.3. The van der Waals surface area contributed by atoms with Crippen LogP contribution in [0.1, 0.15) is 97.7 Å². The Kier molecular flexibility index (Phi) is 18.7. The van der Waals surface area contributed by atoms with Crippen molar-refractivity contribution < 1.29 is 53.1 Å². The van der Waals surface area contributed by atoms with Crippen LogP contribution in [0.3, 0.4) is 0 Å². The molecule has 19 nitrogen and oxygen atoms in total. The summed E-state index contributed by atoms with van der Waals surface area (Å²) in [6, 6.07) is 12.2. The zero-order chi connectivity index (χ0) is 64.1. The standard InChI is InChI=1S/C31H42F3N7O4SSi.C29H37F3N6O2Si/c1-21-22(10-9-11-24(21)31(32,33)34)18-26-25(20-45-47(7,8)30(2,3)4)36-29-23(28-35-12-13-40(28)46(42,43)38(5)6)19-27(37-41(26)29)39-14-16-44-17-15-39;1-19-20(8-7-9-22(19)29(30,31)32)16-24-23(18-40-41(5,6)28(2,3)4)35-27-21(26-33-10-11-34-26)17-25(36-38(24)27)37-12-14-39-15-13-37/h9-13,19H,14-18,20H2,1-8H3;7-11,17H,12-16,18H2,1-6H3,(H,33,34). The molecular formula is C60H79F6N13O6SSi2. The number of aromatic amines is 1. The van der Waals surface area contributed by atoms with Crippen LogP contribution in [0.2, 0.25) is 36.3 Å². The first-order chi connectivity index (χ1) is 41.1. The molecule has 88 heavy (non-hydrogen) atoms. The maximum atomic E-state index is 13.9. The molecule has 0 amide bonds. The monoisotopic (exact) mass is 1280 g/mol. The second-order valence-corrected chi connectivity index (χ2v) is 37.1. The first-order valence-electron chi connectivity index (χ1n) is 29.1. The zero-order valence-electron chi connectivity index (χ0n) is 52.4. The lowest BCUT2D eigenvalue weighted by Gasteiger charge is -2.36. The van der Waals surface area contributed by atoms with Crippen molar-refractivity contribution in [3.63, 3.8) is 0 Å². The summed E-state index contributed by atoms with van der Waals surface area (Å²) in [5.74, 6) is 2.02. The Morgan fingerprint density at radius 2 is 1.07 bits per heavy atom. The predicted octanol–water partition coefficient (Wildman–Crippen LogP) is 11.9. The number of fused-ring (bicyclic) bond motifs is 2. The van der Waals surface area contributed by atoms with Gasteiger partial charge >= 0.3 is 22.6 Å². The fourth-order valence-corrected chi connectivity index (χ4v) is 12.7. The van der Waals surface area contributed by atoms with Gasteiger partial charge in [-0.05, 0) is 96.6 Å². The van der Waals surface area contributed by atoms with Crippen LogP contribution in [0.4, 0.5) is 38.0 Å². The van der Waals surface area contributed by atoms with Gasteiger partial charge < -0.3 is 33.1 Å². The third kappa shape index (κ3) is 13.8. The highest BCUT2D eigenvalue weighted by Gasteiger charge is 2.40. The van der Waals surface area contributed by atoms with Crippen LogP contribution in [-0.4, -0.2) is 144 Å². The van der Waals surface area contributed by atoms with Gasteiger partial charge in [0, 0.05) is 77.9 Å². The van der Waals surface area contributed by atoms with E-state index in [1.54, 1.807) is 39.6 Å². The lowest BCUT2D eigenvalue weighted by molar-refractivity contribution is -0.138. The van der Waals surface area contributed by atoms with Gasteiger partial charge in [-0.1, -0.05) is 65.8 Å². The van der Waals surface area contributed by atoms with Crippen molar-refractivity contribution >= 4 is 49.8 Å². The fourth-order valence-electron chi connectivity index (χ4n) is 9.92. The van der Waals surface area contributed by atoms with E-state index < -0.39 is 50.3 Å². The second kappa shape index (κ2) is 25.0. The minimum Gasteiger partial charge on any atom is -0.411 e. The molecule has 28 heteroatoms. The van der Waals surface area contributed by atoms with E-state index in [0.717, 1.165) is 31.8 Å². The Morgan fingerprint density at radius 1 is 0.636 bits per heavy atom. The number of hydrogen-bond donors (Lipinski definition) is 1. The number of benzene rings is 2. The molecule has 0 aliphatic carbocycles. The molecule has 8 aromatic rings. The molecule has 0 radical (unpaired) electrons. The van der Waals surface area contributed by atoms with Crippen LogP contribution in [-0.2, 0) is 66.9 Å². The predicted molar refractivity (Wildman–Crippen MR) is 331 cm³/mol. The largest absolute Gasteiger partial charge is 0.416 e. The molecular weight excluding hydrogens is 1200 g/mol. The van der Waals surface area contributed by atoms with E-state index in [-0.39, 0.29) is 53.1 Å². The Hall–Kier alpha value is -6.54. The number of aromatic nitrogens is 10. The van der Waals surface area contributed by atoms with Crippen molar-refractivity contribution in [2.75, 3.05) is 76.5 Å². The molecule has 0 unspecified atom stereocenters. The molecule has 0 spiro atoms. The molecule has 2 aliphatic rings. The molecule has 0 saturated carbocycles. The third-order valence-electron chi connectivity index (χ3n) is 17.4. The minimum absolute atomic E-state index is 0.0228. The molecule has 6 aromatic heterocycles. The van der Waals surface area contributed by atoms with E-state index in [1.807, 2.05) is 11.0 Å². The van der Waals surface area contributed by atoms with Gasteiger partial charge in [-0.15, -0.1) is 10.2 Å². The van der Waals surface area contributed by atoms with Crippen LogP contribution in [0.5, 0.6) is 0 Å². The highest BCUT2D eigenvalue weighted by molar-refractivity contribution is 7.87. The number of imidazole rings is 4. The minimum atomic E-state index is -4.52. The van der Waals surface area contributed by atoms with Gasteiger partial charge in [-0.25, -0.2) is 32.9 Å². The summed E-state index contributed by atoms with van der Waals surface area (Å²) in [6.07, 6.45) is -2.47. The van der Waals surface area contributed by atoms with Crippen molar-refractivity contribution in [1.29, 1.82) is 0 Å². The topological polar surface area (TPSA) is 188 Å². The average Bonchev–Trinajstić information content (AvgIpc) is 2.08. The summed E-state index contributed by atoms with van der Waals surface area (Å²) < 4.78 is 140. The van der Waals surface area contributed by atoms with Gasteiger partial charge in [0.05, 0.1) is 84.7 Å². The molecule has 2 saturated heterocycles. The Labute approximate surface area is 511 Å². The number of morpholine rings is 2. The first-order valence-corrected chi connectivity index (χ1v) is 36.3. The average molecular weight is 1280 g/mol. The first kappa shape index (κ1) is 65.9. The molecule has 2 fully saturated rings. The van der Waals surface area contributed by atoms with E-state index in [2.05, 4.69) is 87.6 Å². The summed E-state index contributed by atoms with van der Waals surface area (Å²) >= 11 is 0. The zero-order valence-corrected chi connectivity index (χ0v) is 55.2. The number of anilines is 2. The summed E-state index contributed by atoms with van der Waals surface area (Å²) in [7, 11) is -5.55. The molecule has 476 valence electrons. The van der Waals surface area contributed by atoms with E-state index in [9.17, 15) is 34.8 Å². The second-order valence-electron chi connectivity index (χ2n) is 25.4. The number of H-pyrrole nitrogens is 1. The van der Waals surface area contributed by atoms with Gasteiger partial charge in [-0.2, -0.15) is 39.1 Å². The Morgan fingerprint density at radius 3 is 1.47 bits per heavy atom. The number of hydrogen-bond acceptors (Lipinski definition) is 14. The van der Waals surface area contributed by atoms with Gasteiger partial charge in [-0.3, -0.25) is 0 Å². The molecule has 1 N–H and O–H groups in total. The van der Waals surface area contributed by atoms with Crippen LogP contribution < -0.4 is 9.80 Å². The van der Waals surface area contributed by atoms with E-state index in [1.165, 1.54) is 52.5 Å². The third-order valence-corrected chi connectivity index (χ3v) is 28.1. The van der Waals surface area contributed by atoms with Crippen LogP contribution in [0, 0.1) is 13.8 Å². The normalized spacial score (nSPS) is 15.2. The molecule has 10 rings (SSSR count). The van der Waals surface area contributed by atoms with Crippen molar-refractivity contribution in [3.05, 3.63) is 129 Å². The van der Waals surface area contributed by atoms with Crippen molar-refractivity contribution in [2.45, 2.75) is 130 Å². The Balaban J connectivity index is 0.000000211. The number of nitrogens with zero attached hydrogens (tertiary/aromatic N) is 12. The van der Waals surface area contributed by atoms with Gasteiger partial charge in [0.2, 0.25) is 0 Å². The van der Waals surface area contributed by atoms with Crippen LogP contribution in [0.15, 0.2) is 73.3 Å². The number of nitrogens with one attached hydrogen (secondary N) is 1. The highest BCUT2D eigenvalue weighted by Crippen LogP contribution is 2.41. The number of halogens is 6. The fraction of sp³-hybridized carbons (Fsp3) is 0.500. The lowest BCUT2D eigenvalue weighted by Crippen LogP contribution is -2.40. The smallest absolute Gasteiger partial charge is 0.411 e. The number of alkyl halides is 6. The van der Waals surface area contributed by atoms with Gasteiger partial charge in [0.15, 0.2) is 45.4 Å². The Bertz CT molecular complexity index is 3900. The molecule has 0 bridgehead atoms. The van der Waals surface area contributed by atoms with E-state index in [0.29, 0.717) is 115 Å². The molecule has 0 atom stereocenters. The van der Waals surface area contributed by atoms with E-state index in [4.69, 9.17) is 38.5 Å². The quantitative estimate of drug-likeness (QED) is 0.0711. The maximum Gasteiger partial charge on any atom is 0.416 e. The summed E-state index contributed by atoms with van der Waals surface area (Å²) in [5, 5.41) is 9.83. The van der Waals surface area contributed by atoms with Crippen LogP contribution in [0.25, 0.3) is 34.1 Å². The molecule has 2 aliphatic heterocycles. The lowest BCUT2D eigenvalue weighted by atomic mass is 9.98. The molecule has 8 heterocycles. The van der Waals surface area contributed by atoms with Crippen LogP contribution >= 0.6 is 0 Å². The summed E-state index contributed by atoms with van der Waals surface area (Å²) in [5.41, 5.74) is 4.45. The van der Waals surface area contributed by atoms with E-state index >= 15 is 0 Å². The van der Waals surface area contributed by atoms with Crippen molar-refractivity contribution in [3.8, 4) is 22.8 Å². The van der Waals surface area contributed by atoms with Gasteiger partial charge in [0.25, 0.3) is 0 Å².